The van der Waals surface area contributed by atoms with Gasteiger partial charge >= 0.3 is 0 Å². The molecule has 2 rings (SSSR count). The van der Waals surface area contributed by atoms with Crippen molar-refractivity contribution in [3.05, 3.63) is 58.4 Å². The number of benzene rings is 1. The third-order valence-corrected chi connectivity index (χ3v) is 4.62. The lowest BCUT2D eigenvalue weighted by Crippen LogP contribution is -2.18. The highest BCUT2D eigenvalue weighted by Crippen LogP contribution is 2.19. The topological polar surface area (TPSA) is 22.0 Å². The second kappa shape index (κ2) is 8.71. The molecule has 0 aliphatic carbocycles. The quantitative estimate of drug-likeness (QED) is 0.449. The molecule has 0 N–H and O–H groups in total. The van der Waals surface area contributed by atoms with E-state index in [1.54, 1.807) is 0 Å². The molecule has 0 aliphatic rings. The molecule has 0 fully saturated rings. The van der Waals surface area contributed by atoms with Crippen molar-refractivity contribution in [1.82, 2.24) is 4.57 Å². The molecule has 0 unspecified atom stereocenters. The summed E-state index contributed by atoms with van der Waals surface area (Å²) in [6, 6.07) is 7.92. The van der Waals surface area contributed by atoms with Gasteiger partial charge in [-0.05, 0) is 31.9 Å². The Balaban J connectivity index is 2.27. The van der Waals surface area contributed by atoms with Crippen LogP contribution in [0.15, 0.2) is 41.7 Å². The molecule has 1 aromatic heterocycles. The van der Waals surface area contributed by atoms with E-state index in [1.807, 2.05) is 37.3 Å². The summed E-state index contributed by atoms with van der Waals surface area (Å²) in [5.41, 5.74) is 3.30. The zero-order valence-corrected chi connectivity index (χ0v) is 14.6. The number of unbranched alkanes of at least 4 members (excludes halogenated alkanes) is 5. The van der Waals surface area contributed by atoms with Gasteiger partial charge in [0.1, 0.15) is 0 Å². The minimum Gasteiger partial charge on any atom is -0.340 e. The summed E-state index contributed by atoms with van der Waals surface area (Å²) in [6.45, 7) is 8.86. The van der Waals surface area contributed by atoms with E-state index < -0.39 is 0 Å². The molecule has 1 aromatic carbocycles. The summed E-state index contributed by atoms with van der Waals surface area (Å²) in [5.74, 6) is 0. The van der Waals surface area contributed by atoms with Crippen molar-refractivity contribution in [3.8, 4) is 0 Å². The summed E-state index contributed by atoms with van der Waals surface area (Å²) in [5, 5.41) is 0.818. The van der Waals surface area contributed by atoms with Crippen molar-refractivity contribution in [2.45, 2.75) is 65.3 Å². The SMILES string of the molecule is C=CCn1c(CCCCCCCC)c(C)c(=O)c2ccccc21. The van der Waals surface area contributed by atoms with Crippen LogP contribution < -0.4 is 5.43 Å². The summed E-state index contributed by atoms with van der Waals surface area (Å²) < 4.78 is 2.27. The summed E-state index contributed by atoms with van der Waals surface area (Å²) >= 11 is 0. The lowest BCUT2D eigenvalue weighted by Gasteiger charge is -2.18. The molecule has 0 aliphatic heterocycles. The second-order valence-corrected chi connectivity index (χ2v) is 6.34. The second-order valence-electron chi connectivity index (χ2n) is 6.34. The fourth-order valence-corrected chi connectivity index (χ4v) is 3.31. The minimum absolute atomic E-state index is 0.182. The lowest BCUT2D eigenvalue weighted by molar-refractivity contribution is 0.595. The van der Waals surface area contributed by atoms with Gasteiger partial charge in [0.15, 0.2) is 5.43 Å². The Bertz CT molecular complexity index is 712. The first-order chi connectivity index (χ1) is 11.2. The molecule has 124 valence electrons. The van der Waals surface area contributed by atoms with Gasteiger partial charge in [-0.1, -0.05) is 57.2 Å². The van der Waals surface area contributed by atoms with Crippen LogP contribution in [0.4, 0.5) is 0 Å². The maximum absolute atomic E-state index is 12.6. The van der Waals surface area contributed by atoms with Gasteiger partial charge in [-0.15, -0.1) is 6.58 Å². The summed E-state index contributed by atoms with van der Waals surface area (Å²) in [6.07, 6.45) is 10.5. The number of rotatable bonds is 9. The van der Waals surface area contributed by atoms with E-state index >= 15 is 0 Å². The molecule has 2 aromatic rings. The molecule has 2 heteroatoms. The third-order valence-electron chi connectivity index (χ3n) is 4.62. The van der Waals surface area contributed by atoms with Crippen molar-refractivity contribution >= 4 is 10.9 Å². The van der Waals surface area contributed by atoms with Crippen molar-refractivity contribution in [3.63, 3.8) is 0 Å². The van der Waals surface area contributed by atoms with E-state index in [-0.39, 0.29) is 5.43 Å². The normalized spacial score (nSPS) is 11.0. The lowest BCUT2D eigenvalue weighted by atomic mass is 10.0. The van der Waals surface area contributed by atoms with Gasteiger partial charge in [0, 0.05) is 23.2 Å². The van der Waals surface area contributed by atoms with E-state index in [9.17, 15) is 4.79 Å². The highest BCUT2D eigenvalue weighted by atomic mass is 16.1. The number of nitrogens with zero attached hydrogens (tertiary/aromatic N) is 1. The van der Waals surface area contributed by atoms with Gasteiger partial charge < -0.3 is 4.57 Å². The van der Waals surface area contributed by atoms with Crippen LogP contribution in [-0.2, 0) is 13.0 Å². The standard InChI is InChI=1S/C21H29NO/c1-4-6-7-8-9-10-14-19-17(3)21(23)18-13-11-12-15-20(18)22(19)16-5-2/h5,11-13,15H,2,4,6-10,14,16H2,1,3H3. The fourth-order valence-electron chi connectivity index (χ4n) is 3.31. The molecule has 0 saturated carbocycles. The van der Waals surface area contributed by atoms with Gasteiger partial charge in [-0.25, -0.2) is 0 Å². The number of hydrogen-bond acceptors (Lipinski definition) is 1. The monoisotopic (exact) mass is 311 g/mol. The highest BCUT2D eigenvalue weighted by Gasteiger charge is 2.12. The number of hydrogen-bond donors (Lipinski definition) is 0. The van der Waals surface area contributed by atoms with Crippen LogP contribution in [-0.4, -0.2) is 4.57 Å². The van der Waals surface area contributed by atoms with Gasteiger partial charge in [-0.3, -0.25) is 4.79 Å². The van der Waals surface area contributed by atoms with E-state index in [0.717, 1.165) is 35.9 Å². The van der Waals surface area contributed by atoms with Crippen molar-refractivity contribution < 1.29 is 0 Å². The van der Waals surface area contributed by atoms with Crippen LogP contribution in [0.5, 0.6) is 0 Å². The highest BCUT2D eigenvalue weighted by molar-refractivity contribution is 5.80. The molecule has 0 bridgehead atoms. The van der Waals surface area contributed by atoms with Gasteiger partial charge in [0.05, 0.1) is 5.52 Å². The van der Waals surface area contributed by atoms with E-state index in [2.05, 4.69) is 18.1 Å². The zero-order valence-electron chi connectivity index (χ0n) is 14.6. The predicted octanol–water partition coefficient (Wildman–Crippen LogP) is 5.40. The van der Waals surface area contributed by atoms with E-state index in [1.165, 1.54) is 37.8 Å². The zero-order chi connectivity index (χ0) is 16.7. The Morgan fingerprint density at radius 3 is 2.52 bits per heavy atom. The average Bonchev–Trinajstić information content (AvgIpc) is 2.58. The van der Waals surface area contributed by atoms with Crippen LogP contribution >= 0.6 is 0 Å². The number of para-hydroxylation sites is 1. The first kappa shape index (κ1) is 17.5. The van der Waals surface area contributed by atoms with Crippen LogP contribution in [0.3, 0.4) is 0 Å². The third kappa shape index (κ3) is 4.13. The minimum atomic E-state index is 0.182. The van der Waals surface area contributed by atoms with Crippen LogP contribution in [0.1, 0.15) is 56.7 Å². The van der Waals surface area contributed by atoms with Crippen LogP contribution in [0, 0.1) is 6.92 Å². The maximum atomic E-state index is 12.6. The number of fused-ring (bicyclic) bond motifs is 1. The van der Waals surface area contributed by atoms with E-state index in [4.69, 9.17) is 0 Å². The van der Waals surface area contributed by atoms with Gasteiger partial charge in [-0.2, -0.15) is 0 Å². The Hall–Kier alpha value is -1.83. The summed E-state index contributed by atoms with van der Waals surface area (Å²) in [7, 11) is 0. The van der Waals surface area contributed by atoms with Gasteiger partial charge in [0.25, 0.3) is 0 Å². The van der Waals surface area contributed by atoms with Crippen molar-refractivity contribution in [1.29, 1.82) is 0 Å². The Morgan fingerprint density at radius 2 is 1.78 bits per heavy atom. The number of aromatic nitrogens is 1. The van der Waals surface area contributed by atoms with Gasteiger partial charge in [0.2, 0.25) is 0 Å². The van der Waals surface area contributed by atoms with Crippen molar-refractivity contribution in [2.24, 2.45) is 0 Å². The van der Waals surface area contributed by atoms with E-state index in [0.29, 0.717) is 0 Å². The largest absolute Gasteiger partial charge is 0.340 e. The molecule has 0 radical (unpaired) electrons. The summed E-state index contributed by atoms with van der Waals surface area (Å²) in [4.78, 5) is 12.6. The molecule has 0 atom stereocenters. The maximum Gasteiger partial charge on any atom is 0.192 e. The Kier molecular flexibility index (Phi) is 6.64. The molecule has 2 nitrogen and oxygen atoms in total. The average molecular weight is 311 g/mol. The fraction of sp³-hybridized carbons (Fsp3) is 0.476. The first-order valence-corrected chi connectivity index (χ1v) is 8.92. The smallest absolute Gasteiger partial charge is 0.192 e. The van der Waals surface area contributed by atoms with Crippen LogP contribution in [0.2, 0.25) is 0 Å². The van der Waals surface area contributed by atoms with Crippen molar-refractivity contribution in [2.75, 3.05) is 0 Å². The molecule has 23 heavy (non-hydrogen) atoms. The molecule has 0 saturated heterocycles. The number of allylic oxidation sites excluding steroid dienone is 1. The molecular formula is C21H29NO. The number of pyridine rings is 1. The molecule has 0 spiro atoms. The Morgan fingerprint density at radius 1 is 1.09 bits per heavy atom. The molecule has 1 heterocycles. The molecular weight excluding hydrogens is 282 g/mol. The molecule has 0 amide bonds. The first-order valence-electron chi connectivity index (χ1n) is 8.92. The predicted molar refractivity (Wildman–Crippen MR) is 100 cm³/mol. The van der Waals surface area contributed by atoms with Crippen LogP contribution in [0.25, 0.3) is 10.9 Å². The Labute approximate surface area is 139 Å².